The maximum atomic E-state index is 4.52. The molecule has 0 spiro atoms. The fourth-order valence-corrected chi connectivity index (χ4v) is 2.43. The molecule has 2 aliphatic heterocycles. The zero-order valence-electron chi connectivity index (χ0n) is 10.8. The molecule has 0 aromatic carbocycles. The average molecular weight is 241 g/mol. The zero-order chi connectivity index (χ0) is 12.4. The Hall–Kier alpha value is -1.77. The van der Waals surface area contributed by atoms with Crippen LogP contribution in [0.3, 0.4) is 0 Å². The summed E-state index contributed by atoms with van der Waals surface area (Å²) < 4.78 is 0. The van der Waals surface area contributed by atoms with E-state index in [9.17, 15) is 0 Å². The van der Waals surface area contributed by atoms with E-state index < -0.39 is 0 Å². The number of dihydropyridines is 1. The molecule has 0 aromatic rings. The zero-order valence-corrected chi connectivity index (χ0v) is 10.8. The number of rotatable bonds is 2. The summed E-state index contributed by atoms with van der Waals surface area (Å²) in [5.41, 5.74) is 3.82. The summed E-state index contributed by atoms with van der Waals surface area (Å²) in [5.74, 6) is 0.684. The van der Waals surface area contributed by atoms with E-state index in [1.54, 1.807) is 0 Å². The molecule has 2 heterocycles. The lowest BCUT2D eigenvalue weighted by Crippen LogP contribution is -2.32. The van der Waals surface area contributed by atoms with Crippen molar-refractivity contribution < 1.29 is 0 Å². The third-order valence-corrected chi connectivity index (χ3v) is 3.53. The number of hydrogen-bond acceptors (Lipinski definition) is 3. The monoisotopic (exact) mass is 241 g/mol. The van der Waals surface area contributed by atoms with Gasteiger partial charge in [0.2, 0.25) is 0 Å². The van der Waals surface area contributed by atoms with Gasteiger partial charge in [-0.25, -0.2) is 4.99 Å². The van der Waals surface area contributed by atoms with Crippen molar-refractivity contribution in [1.29, 1.82) is 0 Å². The summed E-state index contributed by atoms with van der Waals surface area (Å²) in [6.07, 6.45) is 14.3. The van der Waals surface area contributed by atoms with Crippen molar-refractivity contribution in [1.82, 2.24) is 10.2 Å². The Bertz CT molecular complexity index is 480. The molecule has 3 heteroatoms. The van der Waals surface area contributed by atoms with E-state index in [4.69, 9.17) is 0 Å². The lowest BCUT2D eigenvalue weighted by Gasteiger charge is -2.28. The molecular weight excluding hydrogens is 222 g/mol. The minimum atomic E-state index is 0.684. The third kappa shape index (κ3) is 2.40. The van der Waals surface area contributed by atoms with Crippen LogP contribution in [0, 0.1) is 5.92 Å². The third-order valence-electron chi connectivity index (χ3n) is 3.53. The van der Waals surface area contributed by atoms with Crippen LogP contribution in [-0.4, -0.2) is 30.9 Å². The molecule has 1 N–H and O–H groups in total. The van der Waals surface area contributed by atoms with Crippen molar-refractivity contribution in [3.05, 3.63) is 47.3 Å². The summed E-state index contributed by atoms with van der Waals surface area (Å²) in [4.78, 5) is 6.78. The molecule has 0 fully saturated rings. The minimum absolute atomic E-state index is 0.684. The van der Waals surface area contributed by atoms with Gasteiger partial charge in [0.15, 0.2) is 0 Å². The van der Waals surface area contributed by atoms with E-state index in [1.807, 2.05) is 6.34 Å². The van der Waals surface area contributed by atoms with Gasteiger partial charge in [-0.05, 0) is 24.0 Å². The highest BCUT2D eigenvalue weighted by Gasteiger charge is 2.16. The Kier molecular flexibility index (Phi) is 3.05. The van der Waals surface area contributed by atoms with Gasteiger partial charge in [0, 0.05) is 31.4 Å². The Balaban J connectivity index is 1.67. The number of nitrogens with one attached hydrogen (secondary N) is 1. The number of nitrogens with zero attached hydrogens (tertiary/aromatic N) is 2. The average Bonchev–Trinajstić information content (AvgIpc) is 2.41. The largest absolute Gasteiger partial charge is 0.387 e. The molecule has 0 bridgehead atoms. The summed E-state index contributed by atoms with van der Waals surface area (Å²) in [6, 6.07) is 0. The SMILES string of the molecule is CC1C=CC(CN2C=NC3=CCNC=C3C2)=CC1. The Morgan fingerprint density at radius 2 is 2.39 bits per heavy atom. The van der Waals surface area contributed by atoms with E-state index in [-0.39, 0.29) is 0 Å². The quantitative estimate of drug-likeness (QED) is 0.803. The van der Waals surface area contributed by atoms with Crippen LogP contribution in [0.15, 0.2) is 52.3 Å². The molecule has 3 rings (SSSR count). The summed E-state index contributed by atoms with van der Waals surface area (Å²) in [7, 11) is 0. The second-order valence-electron chi connectivity index (χ2n) is 5.17. The van der Waals surface area contributed by atoms with Gasteiger partial charge in [0.05, 0.1) is 12.0 Å². The lowest BCUT2D eigenvalue weighted by molar-refractivity contribution is 0.493. The van der Waals surface area contributed by atoms with Crippen molar-refractivity contribution in [2.75, 3.05) is 19.6 Å². The van der Waals surface area contributed by atoms with Crippen molar-refractivity contribution in [2.24, 2.45) is 10.9 Å². The highest BCUT2D eigenvalue weighted by atomic mass is 15.2. The van der Waals surface area contributed by atoms with Crippen LogP contribution in [0.5, 0.6) is 0 Å². The highest BCUT2D eigenvalue weighted by Crippen LogP contribution is 2.21. The molecule has 0 saturated carbocycles. The van der Waals surface area contributed by atoms with Gasteiger partial charge in [-0.2, -0.15) is 0 Å². The first kappa shape index (κ1) is 11.3. The van der Waals surface area contributed by atoms with Gasteiger partial charge in [-0.1, -0.05) is 25.2 Å². The summed E-state index contributed by atoms with van der Waals surface area (Å²) in [5, 5.41) is 3.25. The molecular formula is C15H19N3. The predicted octanol–water partition coefficient (Wildman–Crippen LogP) is 2.22. The van der Waals surface area contributed by atoms with Crippen LogP contribution in [0.1, 0.15) is 13.3 Å². The van der Waals surface area contributed by atoms with E-state index in [1.165, 1.54) is 11.1 Å². The molecule has 0 radical (unpaired) electrons. The van der Waals surface area contributed by atoms with Crippen LogP contribution in [0.4, 0.5) is 0 Å². The van der Waals surface area contributed by atoms with Crippen LogP contribution in [-0.2, 0) is 0 Å². The predicted molar refractivity (Wildman–Crippen MR) is 75.2 cm³/mol. The molecule has 3 nitrogen and oxygen atoms in total. The molecule has 0 saturated heterocycles. The van der Waals surface area contributed by atoms with Crippen LogP contribution in [0.2, 0.25) is 0 Å². The second kappa shape index (κ2) is 4.84. The van der Waals surface area contributed by atoms with Gasteiger partial charge in [-0.3, -0.25) is 0 Å². The Labute approximate surface area is 108 Å². The fraction of sp³-hybridized carbons (Fsp3) is 0.400. The molecule has 94 valence electrons. The maximum Gasteiger partial charge on any atom is 0.0918 e. The van der Waals surface area contributed by atoms with E-state index >= 15 is 0 Å². The van der Waals surface area contributed by atoms with Crippen LogP contribution < -0.4 is 5.32 Å². The van der Waals surface area contributed by atoms with Crippen molar-refractivity contribution in [3.63, 3.8) is 0 Å². The highest BCUT2D eigenvalue weighted by molar-refractivity contribution is 5.63. The van der Waals surface area contributed by atoms with Crippen molar-refractivity contribution in [3.8, 4) is 0 Å². The van der Waals surface area contributed by atoms with Crippen molar-refractivity contribution >= 4 is 6.34 Å². The number of aliphatic imine (C=N–C) groups is 1. The van der Waals surface area contributed by atoms with Crippen molar-refractivity contribution in [2.45, 2.75) is 13.3 Å². The molecule has 3 aliphatic rings. The topological polar surface area (TPSA) is 27.6 Å². The molecule has 0 aromatic heterocycles. The van der Waals surface area contributed by atoms with E-state index in [0.29, 0.717) is 5.92 Å². The first-order valence-corrected chi connectivity index (χ1v) is 6.60. The standard InChI is InChI=1S/C15H19N3/c1-12-2-4-13(5-3-12)9-18-10-14-8-16-7-6-15(14)17-11-18/h2,4-6,8,11-12,16H,3,7,9-10H2,1H3. The smallest absolute Gasteiger partial charge is 0.0918 e. The number of fused-ring (bicyclic) bond motifs is 1. The maximum absolute atomic E-state index is 4.52. The Morgan fingerprint density at radius 3 is 3.22 bits per heavy atom. The first-order chi connectivity index (χ1) is 8.81. The molecule has 18 heavy (non-hydrogen) atoms. The Morgan fingerprint density at radius 1 is 1.44 bits per heavy atom. The van der Waals surface area contributed by atoms with Crippen LogP contribution in [0.25, 0.3) is 0 Å². The number of hydrogen-bond donors (Lipinski definition) is 1. The summed E-state index contributed by atoms with van der Waals surface area (Å²) >= 11 is 0. The fourth-order valence-electron chi connectivity index (χ4n) is 2.43. The first-order valence-electron chi connectivity index (χ1n) is 6.60. The second-order valence-corrected chi connectivity index (χ2v) is 5.17. The van der Waals surface area contributed by atoms with Gasteiger partial charge in [0.1, 0.15) is 0 Å². The van der Waals surface area contributed by atoms with Gasteiger partial charge in [-0.15, -0.1) is 0 Å². The molecule has 0 amide bonds. The lowest BCUT2D eigenvalue weighted by atomic mass is 9.98. The molecule has 1 aliphatic carbocycles. The van der Waals surface area contributed by atoms with Crippen LogP contribution >= 0.6 is 0 Å². The van der Waals surface area contributed by atoms with E-state index in [0.717, 1.165) is 31.8 Å². The number of allylic oxidation sites excluding steroid dienone is 2. The van der Waals surface area contributed by atoms with E-state index in [2.05, 4.69) is 52.6 Å². The summed E-state index contributed by atoms with van der Waals surface area (Å²) in [6.45, 7) is 5.05. The molecule has 1 atom stereocenters. The van der Waals surface area contributed by atoms with Gasteiger partial charge >= 0.3 is 0 Å². The minimum Gasteiger partial charge on any atom is -0.387 e. The normalized spacial score (nSPS) is 25.9. The molecule has 1 unspecified atom stereocenters. The van der Waals surface area contributed by atoms with Gasteiger partial charge in [0.25, 0.3) is 0 Å². The van der Waals surface area contributed by atoms with Gasteiger partial charge < -0.3 is 10.2 Å².